The van der Waals surface area contributed by atoms with Gasteiger partial charge in [-0.25, -0.2) is 0 Å². The molecule has 21 heavy (non-hydrogen) atoms. The van der Waals surface area contributed by atoms with E-state index >= 15 is 0 Å². The first-order valence-corrected chi connectivity index (χ1v) is 9.27. The fourth-order valence-electron chi connectivity index (χ4n) is 4.10. The molecule has 1 saturated carbocycles. The molecule has 0 aliphatic heterocycles. The van der Waals surface area contributed by atoms with Crippen molar-refractivity contribution in [3.63, 3.8) is 0 Å². The Morgan fingerprint density at radius 2 is 1.76 bits per heavy atom. The van der Waals surface area contributed by atoms with Crippen molar-refractivity contribution in [2.45, 2.75) is 98.1 Å². The Labute approximate surface area is 133 Å². The van der Waals surface area contributed by atoms with Gasteiger partial charge in [0.15, 0.2) is 0 Å². The molecule has 0 aromatic rings. The maximum atomic E-state index is 6.32. The molecule has 2 nitrogen and oxygen atoms in total. The van der Waals surface area contributed by atoms with E-state index in [0.717, 1.165) is 12.5 Å². The zero-order valence-corrected chi connectivity index (χ0v) is 15.5. The van der Waals surface area contributed by atoms with E-state index < -0.39 is 0 Å². The molecule has 0 bridgehead atoms. The van der Waals surface area contributed by atoms with Crippen LogP contribution in [-0.2, 0) is 0 Å². The second kappa shape index (κ2) is 7.97. The van der Waals surface area contributed by atoms with E-state index in [1.165, 1.54) is 51.5 Å². The minimum Gasteiger partial charge on any atom is -0.329 e. The van der Waals surface area contributed by atoms with Crippen molar-refractivity contribution < 1.29 is 0 Å². The smallest absolute Gasteiger partial charge is 0.0334 e. The van der Waals surface area contributed by atoms with E-state index in [2.05, 4.69) is 46.4 Å². The topological polar surface area (TPSA) is 29.3 Å². The Hall–Kier alpha value is -0.0800. The summed E-state index contributed by atoms with van der Waals surface area (Å²) in [5.41, 5.74) is 7.04. The Bertz CT molecular complexity index is 284. The molecule has 1 unspecified atom stereocenters. The Balaban J connectivity index is 2.82. The lowest BCUT2D eigenvalue weighted by Crippen LogP contribution is -2.59. The highest BCUT2D eigenvalue weighted by Gasteiger charge is 2.42. The maximum Gasteiger partial charge on any atom is 0.0334 e. The van der Waals surface area contributed by atoms with Gasteiger partial charge in [0.05, 0.1) is 0 Å². The third-order valence-corrected chi connectivity index (χ3v) is 6.01. The van der Waals surface area contributed by atoms with Gasteiger partial charge < -0.3 is 5.73 Å². The van der Waals surface area contributed by atoms with Gasteiger partial charge in [0.25, 0.3) is 0 Å². The highest BCUT2D eigenvalue weighted by atomic mass is 15.2. The van der Waals surface area contributed by atoms with Gasteiger partial charge in [-0.1, -0.05) is 41.0 Å². The molecule has 0 spiro atoms. The normalized spacial score (nSPS) is 28.9. The van der Waals surface area contributed by atoms with Crippen molar-refractivity contribution in [2.75, 3.05) is 13.1 Å². The van der Waals surface area contributed by atoms with Gasteiger partial charge in [-0.2, -0.15) is 0 Å². The quantitative estimate of drug-likeness (QED) is 0.729. The number of nitrogens with two attached hydrogens (primary N) is 1. The maximum absolute atomic E-state index is 6.32. The van der Waals surface area contributed by atoms with Crippen LogP contribution < -0.4 is 5.73 Å². The van der Waals surface area contributed by atoms with Gasteiger partial charge in [-0.15, -0.1) is 0 Å². The van der Waals surface area contributed by atoms with Crippen LogP contribution in [0.5, 0.6) is 0 Å². The second-order valence-electron chi connectivity index (χ2n) is 8.37. The average molecular weight is 297 g/mol. The first-order valence-electron chi connectivity index (χ1n) is 9.27. The number of hydrogen-bond donors (Lipinski definition) is 1. The molecule has 0 amide bonds. The second-order valence-corrected chi connectivity index (χ2v) is 8.37. The first kappa shape index (κ1) is 19.0. The molecule has 2 heteroatoms. The van der Waals surface area contributed by atoms with Crippen LogP contribution in [0.25, 0.3) is 0 Å². The molecule has 0 saturated heterocycles. The predicted octanol–water partition coefficient (Wildman–Crippen LogP) is 4.82. The first-order chi connectivity index (χ1) is 9.80. The van der Waals surface area contributed by atoms with Crippen molar-refractivity contribution in [3.8, 4) is 0 Å². The van der Waals surface area contributed by atoms with Crippen LogP contribution in [-0.4, -0.2) is 29.6 Å². The molecule has 2 N–H and O–H groups in total. The van der Waals surface area contributed by atoms with E-state index in [1.54, 1.807) is 0 Å². The highest BCUT2D eigenvalue weighted by Crippen LogP contribution is 2.44. The van der Waals surface area contributed by atoms with Crippen LogP contribution in [0.2, 0.25) is 0 Å². The van der Waals surface area contributed by atoms with E-state index in [0.29, 0.717) is 11.5 Å². The molecule has 1 rings (SSSR count). The van der Waals surface area contributed by atoms with Crippen molar-refractivity contribution in [1.82, 2.24) is 4.90 Å². The lowest BCUT2D eigenvalue weighted by molar-refractivity contribution is -0.00491. The predicted molar refractivity (Wildman–Crippen MR) is 94.6 cm³/mol. The summed E-state index contributed by atoms with van der Waals surface area (Å²) in [5.74, 6) is 0.863. The zero-order valence-electron chi connectivity index (χ0n) is 15.5. The van der Waals surface area contributed by atoms with E-state index in [1.807, 2.05) is 0 Å². The lowest BCUT2D eigenvalue weighted by atomic mass is 9.66. The minimum absolute atomic E-state index is 0.270. The number of rotatable bonds is 7. The summed E-state index contributed by atoms with van der Waals surface area (Å²) in [5, 5.41) is 0. The average Bonchev–Trinajstić information content (AvgIpc) is 2.46. The fraction of sp³-hybridized carbons (Fsp3) is 1.00. The van der Waals surface area contributed by atoms with Crippen LogP contribution in [0, 0.1) is 11.3 Å². The minimum atomic E-state index is 0.270. The van der Waals surface area contributed by atoms with Gasteiger partial charge in [0.2, 0.25) is 0 Å². The molecule has 0 aromatic carbocycles. The summed E-state index contributed by atoms with van der Waals surface area (Å²) < 4.78 is 0. The Morgan fingerprint density at radius 3 is 2.14 bits per heavy atom. The zero-order chi connectivity index (χ0) is 16.1. The summed E-state index contributed by atoms with van der Waals surface area (Å²) in [6, 6.07) is 0.659. The molecular formula is C19H40N2. The molecular weight excluding hydrogens is 256 g/mol. The third-order valence-electron chi connectivity index (χ3n) is 6.01. The largest absolute Gasteiger partial charge is 0.329 e. The van der Waals surface area contributed by atoms with Crippen LogP contribution in [0.4, 0.5) is 0 Å². The molecule has 0 heterocycles. The molecule has 126 valence electrons. The van der Waals surface area contributed by atoms with E-state index in [-0.39, 0.29) is 5.54 Å². The lowest BCUT2D eigenvalue weighted by Gasteiger charge is -2.52. The van der Waals surface area contributed by atoms with E-state index in [4.69, 9.17) is 5.73 Å². The van der Waals surface area contributed by atoms with Gasteiger partial charge in [0, 0.05) is 18.1 Å². The van der Waals surface area contributed by atoms with Crippen molar-refractivity contribution in [1.29, 1.82) is 0 Å². The van der Waals surface area contributed by atoms with E-state index in [9.17, 15) is 0 Å². The Kier molecular flexibility index (Phi) is 7.19. The van der Waals surface area contributed by atoms with Crippen LogP contribution >= 0.6 is 0 Å². The molecule has 1 aliphatic rings. The van der Waals surface area contributed by atoms with Gasteiger partial charge in [-0.05, 0) is 63.3 Å². The molecule has 1 atom stereocenters. The summed E-state index contributed by atoms with van der Waals surface area (Å²) in [4.78, 5) is 2.77. The van der Waals surface area contributed by atoms with Gasteiger partial charge >= 0.3 is 0 Å². The highest BCUT2D eigenvalue weighted by molar-refractivity contribution is 4.99. The summed E-state index contributed by atoms with van der Waals surface area (Å²) in [6.07, 6.45) is 9.08. The molecule has 1 fully saturated rings. The number of unbranched alkanes of at least 4 members (excludes halogenated alkanes) is 1. The third kappa shape index (κ3) is 4.69. The number of nitrogens with zero attached hydrogens (tertiary/aromatic N) is 1. The van der Waals surface area contributed by atoms with Crippen molar-refractivity contribution in [2.24, 2.45) is 17.1 Å². The van der Waals surface area contributed by atoms with Gasteiger partial charge in [0.1, 0.15) is 0 Å². The van der Waals surface area contributed by atoms with Crippen molar-refractivity contribution in [3.05, 3.63) is 0 Å². The van der Waals surface area contributed by atoms with Gasteiger partial charge in [-0.3, -0.25) is 4.90 Å². The summed E-state index contributed by atoms with van der Waals surface area (Å²) >= 11 is 0. The summed E-state index contributed by atoms with van der Waals surface area (Å²) in [7, 11) is 0. The van der Waals surface area contributed by atoms with Crippen molar-refractivity contribution >= 4 is 0 Å². The standard InChI is InChI=1S/C19H40N2/c1-7-9-14-21(16(3)8-2)19(15-20)12-10-17(11-13-19)18(4,5)6/h16-17H,7-15,20H2,1-6H3. The van der Waals surface area contributed by atoms with Crippen LogP contribution in [0.15, 0.2) is 0 Å². The van der Waals surface area contributed by atoms with Crippen LogP contribution in [0.3, 0.4) is 0 Å². The Morgan fingerprint density at radius 1 is 1.19 bits per heavy atom. The van der Waals surface area contributed by atoms with Crippen LogP contribution in [0.1, 0.15) is 86.5 Å². The number of hydrogen-bond acceptors (Lipinski definition) is 2. The summed E-state index contributed by atoms with van der Waals surface area (Å²) in [6.45, 7) is 16.3. The molecule has 0 aromatic heterocycles. The fourth-order valence-corrected chi connectivity index (χ4v) is 4.10. The monoisotopic (exact) mass is 296 g/mol. The molecule has 0 radical (unpaired) electrons. The SMILES string of the molecule is CCCCN(C(C)CC)C1(CN)CCC(C(C)(C)C)CC1. The molecule has 1 aliphatic carbocycles.